The molecule has 3 rings (SSSR count). The van der Waals surface area contributed by atoms with Crippen molar-refractivity contribution in [3.63, 3.8) is 0 Å². The molecule has 0 radical (unpaired) electrons. The number of nitrogen functional groups attached to an aromatic ring is 1. The van der Waals surface area contributed by atoms with Crippen LogP contribution in [0.5, 0.6) is 0 Å². The normalized spacial score (nSPS) is 10.6. The summed E-state index contributed by atoms with van der Waals surface area (Å²) >= 11 is 0. The Labute approximate surface area is 128 Å². The molecule has 2 aromatic carbocycles. The Hall–Kier alpha value is -3.08. The highest BCUT2D eigenvalue weighted by Gasteiger charge is 2.21. The van der Waals surface area contributed by atoms with Crippen molar-refractivity contribution in [1.82, 2.24) is 9.78 Å². The highest BCUT2D eigenvalue weighted by molar-refractivity contribution is 6.03. The molecule has 0 spiro atoms. The van der Waals surface area contributed by atoms with Crippen molar-refractivity contribution in [3.8, 4) is 16.9 Å². The number of hydrogen-bond acceptors (Lipinski definition) is 3. The first-order chi connectivity index (χ1) is 10.6. The van der Waals surface area contributed by atoms with Crippen molar-refractivity contribution in [1.29, 1.82) is 0 Å². The van der Waals surface area contributed by atoms with Crippen LogP contribution < -0.4 is 11.5 Å². The molecule has 1 amide bonds. The summed E-state index contributed by atoms with van der Waals surface area (Å²) in [5.74, 6) is -0.343. The van der Waals surface area contributed by atoms with Crippen molar-refractivity contribution >= 4 is 11.7 Å². The summed E-state index contributed by atoms with van der Waals surface area (Å²) in [7, 11) is 0. The number of hydrogen-bond donors (Lipinski definition) is 2. The summed E-state index contributed by atoms with van der Waals surface area (Å²) < 4.78 is 1.54. The molecule has 22 heavy (non-hydrogen) atoms. The summed E-state index contributed by atoms with van der Waals surface area (Å²) in [5.41, 5.74) is 15.1. The molecule has 5 nitrogen and oxygen atoms in total. The van der Waals surface area contributed by atoms with Gasteiger partial charge in [0.05, 0.1) is 5.69 Å². The topological polar surface area (TPSA) is 86.9 Å². The van der Waals surface area contributed by atoms with Crippen LogP contribution in [0.3, 0.4) is 0 Å². The van der Waals surface area contributed by atoms with Crippen molar-refractivity contribution in [2.45, 2.75) is 6.92 Å². The largest absolute Gasteiger partial charge is 0.383 e. The predicted molar refractivity (Wildman–Crippen MR) is 86.7 cm³/mol. The molecule has 0 aliphatic carbocycles. The van der Waals surface area contributed by atoms with Gasteiger partial charge in [-0.1, -0.05) is 48.0 Å². The molecule has 3 aromatic rings. The summed E-state index contributed by atoms with van der Waals surface area (Å²) in [6.07, 6.45) is 0. The molecule has 0 aliphatic rings. The lowest BCUT2D eigenvalue weighted by Crippen LogP contribution is -2.14. The minimum Gasteiger partial charge on any atom is -0.383 e. The van der Waals surface area contributed by atoms with E-state index in [9.17, 15) is 4.79 Å². The summed E-state index contributed by atoms with van der Waals surface area (Å²) in [5, 5.41) is 4.49. The van der Waals surface area contributed by atoms with Crippen LogP contribution in [0.15, 0.2) is 54.6 Å². The SMILES string of the molecule is Cc1ccc(-c2nn(-c3ccccc3)c(N)c2C(N)=O)cc1. The van der Waals surface area contributed by atoms with Gasteiger partial charge in [-0.15, -0.1) is 0 Å². The maximum atomic E-state index is 11.8. The first kappa shape index (κ1) is 13.9. The fraction of sp³-hybridized carbons (Fsp3) is 0.0588. The maximum absolute atomic E-state index is 11.8. The minimum atomic E-state index is -0.588. The van der Waals surface area contributed by atoms with E-state index in [1.54, 1.807) is 0 Å². The van der Waals surface area contributed by atoms with E-state index in [1.165, 1.54) is 4.68 Å². The van der Waals surface area contributed by atoms with E-state index in [0.29, 0.717) is 5.69 Å². The number of aromatic nitrogens is 2. The standard InChI is InChI=1S/C17H16N4O/c1-11-7-9-12(10-8-11)15-14(17(19)22)16(18)21(20-15)13-5-3-2-4-6-13/h2-10H,18H2,1H3,(H2,19,22). The Morgan fingerprint density at radius 2 is 1.68 bits per heavy atom. The van der Waals surface area contributed by atoms with Crippen LogP contribution in [-0.4, -0.2) is 15.7 Å². The van der Waals surface area contributed by atoms with Crippen molar-refractivity contribution < 1.29 is 4.79 Å². The van der Waals surface area contributed by atoms with E-state index in [-0.39, 0.29) is 11.4 Å². The fourth-order valence-electron chi connectivity index (χ4n) is 2.35. The zero-order valence-electron chi connectivity index (χ0n) is 12.2. The number of nitrogens with zero attached hydrogens (tertiary/aromatic N) is 2. The maximum Gasteiger partial charge on any atom is 0.254 e. The number of carbonyl (C=O) groups excluding carboxylic acids is 1. The van der Waals surface area contributed by atoms with Gasteiger partial charge in [-0.05, 0) is 19.1 Å². The van der Waals surface area contributed by atoms with Crippen LogP contribution in [0.4, 0.5) is 5.82 Å². The Balaban J connectivity index is 2.22. The lowest BCUT2D eigenvalue weighted by Gasteiger charge is -2.03. The van der Waals surface area contributed by atoms with Crippen LogP contribution in [-0.2, 0) is 0 Å². The van der Waals surface area contributed by atoms with Gasteiger partial charge < -0.3 is 11.5 Å². The van der Waals surface area contributed by atoms with Gasteiger partial charge in [0.1, 0.15) is 17.1 Å². The monoisotopic (exact) mass is 292 g/mol. The van der Waals surface area contributed by atoms with Gasteiger partial charge in [0.25, 0.3) is 5.91 Å². The second-order valence-corrected chi connectivity index (χ2v) is 5.09. The molecule has 1 heterocycles. The third kappa shape index (κ3) is 2.33. The Kier molecular flexibility index (Phi) is 3.39. The number of para-hydroxylation sites is 1. The van der Waals surface area contributed by atoms with E-state index < -0.39 is 5.91 Å². The molecule has 4 N–H and O–H groups in total. The molecular weight excluding hydrogens is 276 g/mol. The molecule has 5 heteroatoms. The van der Waals surface area contributed by atoms with Crippen molar-refractivity contribution in [3.05, 3.63) is 65.7 Å². The zero-order chi connectivity index (χ0) is 15.7. The molecule has 110 valence electrons. The number of carbonyl (C=O) groups is 1. The third-order valence-corrected chi connectivity index (χ3v) is 3.49. The van der Waals surface area contributed by atoms with Gasteiger partial charge in [-0.3, -0.25) is 4.79 Å². The summed E-state index contributed by atoms with van der Waals surface area (Å²) in [4.78, 5) is 11.8. The van der Waals surface area contributed by atoms with Gasteiger partial charge in [0.2, 0.25) is 0 Å². The molecule has 0 atom stereocenters. The van der Waals surface area contributed by atoms with E-state index in [1.807, 2.05) is 61.5 Å². The van der Waals surface area contributed by atoms with E-state index in [2.05, 4.69) is 5.10 Å². The van der Waals surface area contributed by atoms with Gasteiger partial charge >= 0.3 is 0 Å². The van der Waals surface area contributed by atoms with Gasteiger partial charge in [-0.25, -0.2) is 4.68 Å². The molecule has 0 saturated carbocycles. The van der Waals surface area contributed by atoms with E-state index in [0.717, 1.165) is 16.8 Å². The zero-order valence-corrected chi connectivity index (χ0v) is 12.2. The lowest BCUT2D eigenvalue weighted by molar-refractivity contribution is 0.100. The highest BCUT2D eigenvalue weighted by Crippen LogP contribution is 2.29. The number of anilines is 1. The summed E-state index contributed by atoms with van der Waals surface area (Å²) in [6, 6.07) is 17.1. The molecule has 0 saturated heterocycles. The smallest absolute Gasteiger partial charge is 0.254 e. The molecule has 0 aliphatic heterocycles. The molecule has 0 bridgehead atoms. The van der Waals surface area contributed by atoms with Crippen LogP contribution in [0.1, 0.15) is 15.9 Å². The van der Waals surface area contributed by atoms with Gasteiger partial charge in [0.15, 0.2) is 0 Å². The Morgan fingerprint density at radius 3 is 2.27 bits per heavy atom. The third-order valence-electron chi connectivity index (χ3n) is 3.49. The fourth-order valence-corrected chi connectivity index (χ4v) is 2.35. The first-order valence-electron chi connectivity index (χ1n) is 6.88. The van der Waals surface area contributed by atoms with Crippen LogP contribution in [0.25, 0.3) is 16.9 Å². The van der Waals surface area contributed by atoms with Crippen LogP contribution in [0, 0.1) is 6.92 Å². The van der Waals surface area contributed by atoms with Crippen LogP contribution in [0.2, 0.25) is 0 Å². The number of rotatable bonds is 3. The van der Waals surface area contributed by atoms with E-state index >= 15 is 0 Å². The van der Waals surface area contributed by atoms with E-state index in [4.69, 9.17) is 11.5 Å². The average molecular weight is 292 g/mol. The molecule has 1 aromatic heterocycles. The predicted octanol–water partition coefficient (Wildman–Crippen LogP) is 2.53. The molecular formula is C17H16N4O. The van der Waals surface area contributed by atoms with Crippen molar-refractivity contribution in [2.75, 3.05) is 5.73 Å². The second kappa shape index (κ2) is 5.37. The number of nitrogens with two attached hydrogens (primary N) is 2. The molecule has 0 fully saturated rings. The Morgan fingerprint density at radius 1 is 1.05 bits per heavy atom. The summed E-state index contributed by atoms with van der Waals surface area (Å²) in [6.45, 7) is 2.00. The second-order valence-electron chi connectivity index (χ2n) is 5.09. The van der Waals surface area contributed by atoms with Crippen molar-refractivity contribution in [2.24, 2.45) is 5.73 Å². The van der Waals surface area contributed by atoms with Gasteiger partial charge in [0, 0.05) is 5.56 Å². The van der Waals surface area contributed by atoms with Gasteiger partial charge in [-0.2, -0.15) is 5.10 Å². The average Bonchev–Trinajstić information content (AvgIpc) is 2.86. The van der Waals surface area contributed by atoms with Crippen LogP contribution >= 0.6 is 0 Å². The lowest BCUT2D eigenvalue weighted by atomic mass is 10.1. The number of primary amides is 1. The number of amides is 1. The quantitative estimate of drug-likeness (QED) is 0.777. The highest BCUT2D eigenvalue weighted by atomic mass is 16.1. The molecule has 0 unspecified atom stereocenters. The number of aryl methyl sites for hydroxylation is 1. The first-order valence-corrected chi connectivity index (χ1v) is 6.88. The number of benzene rings is 2. The Bertz CT molecular complexity index is 820. The minimum absolute atomic E-state index is 0.243.